The second-order valence-corrected chi connectivity index (χ2v) is 11.8. The average molecular weight is 530 g/mol. The number of hydrogen-bond acceptors (Lipinski definition) is 3. The maximum absolute atomic E-state index is 12.2. The van der Waals surface area contributed by atoms with Gasteiger partial charge in [0.1, 0.15) is 5.75 Å². The van der Waals surface area contributed by atoms with Crippen LogP contribution in [0.2, 0.25) is 0 Å². The summed E-state index contributed by atoms with van der Waals surface area (Å²) >= 11 is 0. The Morgan fingerprint density at radius 1 is 0.769 bits per heavy atom. The number of esters is 1. The van der Waals surface area contributed by atoms with Gasteiger partial charge >= 0.3 is 5.97 Å². The lowest BCUT2D eigenvalue weighted by Gasteiger charge is -2.35. The van der Waals surface area contributed by atoms with Gasteiger partial charge in [0.15, 0.2) is 0 Å². The lowest BCUT2D eigenvalue weighted by molar-refractivity contribution is -0.134. The Bertz CT molecular complexity index is 994. The maximum Gasteiger partial charge on any atom is 0.311 e. The minimum atomic E-state index is -0.137. The van der Waals surface area contributed by atoms with Crippen molar-refractivity contribution in [3.05, 3.63) is 54.1 Å². The molecule has 1 aliphatic carbocycles. The second kappa shape index (κ2) is 17.2. The summed E-state index contributed by atoms with van der Waals surface area (Å²) in [5.74, 6) is 1.04. The van der Waals surface area contributed by atoms with Crippen LogP contribution in [0.4, 0.5) is 0 Å². The SMILES string of the molecule is CCCCCCCCC(=O)Oc1ccc(-c2ccc(C3CCC(C#N)(CCCCCCCC)CC3)cc2)cc1. The van der Waals surface area contributed by atoms with E-state index in [0.29, 0.717) is 18.1 Å². The molecule has 1 saturated carbocycles. The molecule has 3 nitrogen and oxygen atoms in total. The largest absolute Gasteiger partial charge is 0.427 e. The van der Waals surface area contributed by atoms with Gasteiger partial charge in [0.25, 0.3) is 0 Å². The maximum atomic E-state index is 12.2. The summed E-state index contributed by atoms with van der Waals surface area (Å²) in [6.07, 6.45) is 20.6. The predicted molar refractivity (Wildman–Crippen MR) is 163 cm³/mol. The second-order valence-electron chi connectivity index (χ2n) is 11.8. The highest BCUT2D eigenvalue weighted by Crippen LogP contribution is 2.46. The van der Waals surface area contributed by atoms with E-state index in [-0.39, 0.29) is 11.4 Å². The summed E-state index contributed by atoms with van der Waals surface area (Å²) in [4.78, 5) is 12.2. The molecule has 0 radical (unpaired) electrons. The van der Waals surface area contributed by atoms with Crippen molar-refractivity contribution >= 4 is 5.97 Å². The summed E-state index contributed by atoms with van der Waals surface area (Å²) in [6.45, 7) is 4.47. The van der Waals surface area contributed by atoms with E-state index in [2.05, 4.69) is 44.2 Å². The van der Waals surface area contributed by atoms with Crippen molar-refractivity contribution < 1.29 is 9.53 Å². The van der Waals surface area contributed by atoms with Crippen LogP contribution in [-0.4, -0.2) is 5.97 Å². The molecule has 0 atom stereocenters. The van der Waals surface area contributed by atoms with Gasteiger partial charge in [0.2, 0.25) is 0 Å². The van der Waals surface area contributed by atoms with E-state index in [1.165, 1.54) is 75.3 Å². The Balaban J connectivity index is 1.43. The Morgan fingerprint density at radius 3 is 1.85 bits per heavy atom. The van der Waals surface area contributed by atoms with Gasteiger partial charge in [0, 0.05) is 6.42 Å². The summed E-state index contributed by atoms with van der Waals surface area (Å²) in [5, 5.41) is 9.97. The van der Waals surface area contributed by atoms with Gasteiger partial charge in [0.05, 0.1) is 11.5 Å². The average Bonchev–Trinajstić information content (AvgIpc) is 2.97. The molecule has 2 aromatic rings. The first-order valence-corrected chi connectivity index (χ1v) is 15.9. The fourth-order valence-corrected chi connectivity index (χ4v) is 6.06. The van der Waals surface area contributed by atoms with E-state index in [1.54, 1.807) is 0 Å². The van der Waals surface area contributed by atoms with Crippen LogP contribution < -0.4 is 4.74 Å². The summed E-state index contributed by atoms with van der Waals surface area (Å²) < 4.78 is 5.54. The molecule has 0 spiro atoms. The fraction of sp³-hybridized carbons (Fsp3) is 0.611. The number of carbonyl (C=O) groups is 1. The highest BCUT2D eigenvalue weighted by molar-refractivity contribution is 5.73. The topological polar surface area (TPSA) is 50.1 Å². The zero-order valence-electron chi connectivity index (χ0n) is 24.7. The van der Waals surface area contributed by atoms with E-state index in [9.17, 15) is 10.1 Å². The van der Waals surface area contributed by atoms with Gasteiger partial charge in [-0.25, -0.2) is 0 Å². The van der Waals surface area contributed by atoms with Crippen molar-refractivity contribution in [3.63, 3.8) is 0 Å². The molecule has 3 rings (SSSR count). The first-order chi connectivity index (χ1) is 19.1. The van der Waals surface area contributed by atoms with E-state index in [0.717, 1.165) is 50.5 Å². The smallest absolute Gasteiger partial charge is 0.311 e. The van der Waals surface area contributed by atoms with Crippen molar-refractivity contribution in [1.82, 2.24) is 0 Å². The van der Waals surface area contributed by atoms with Crippen LogP contribution in [0.5, 0.6) is 5.75 Å². The zero-order chi connectivity index (χ0) is 27.8. The third-order valence-corrected chi connectivity index (χ3v) is 8.72. The highest BCUT2D eigenvalue weighted by Gasteiger charge is 2.35. The summed E-state index contributed by atoms with van der Waals surface area (Å²) in [5.41, 5.74) is 3.60. The molecule has 0 bridgehead atoms. The van der Waals surface area contributed by atoms with Crippen LogP contribution in [0.3, 0.4) is 0 Å². The van der Waals surface area contributed by atoms with Gasteiger partial charge in [-0.15, -0.1) is 0 Å². The molecule has 3 heteroatoms. The molecular weight excluding hydrogens is 478 g/mol. The first kappa shape index (κ1) is 30.9. The van der Waals surface area contributed by atoms with Crippen molar-refractivity contribution in [2.45, 2.75) is 135 Å². The molecule has 1 aliphatic rings. The number of ether oxygens (including phenoxy) is 1. The molecule has 0 aromatic heterocycles. The standard InChI is InChI=1S/C36H51NO2/c1-3-5-7-9-11-13-15-35(38)39-34-22-20-32(21-23-34)30-16-18-31(19-17-30)33-24-27-36(29-37,28-25-33)26-14-12-10-8-6-4-2/h16-23,33H,3-15,24-28H2,1-2H3. The van der Waals surface area contributed by atoms with Crippen LogP contribution in [-0.2, 0) is 4.79 Å². The van der Waals surface area contributed by atoms with Gasteiger partial charge in [-0.3, -0.25) is 4.79 Å². The minimum Gasteiger partial charge on any atom is -0.427 e. The predicted octanol–water partition coefficient (Wildman–Crippen LogP) is 10.9. The van der Waals surface area contributed by atoms with E-state index >= 15 is 0 Å². The van der Waals surface area contributed by atoms with Crippen molar-refractivity contribution in [3.8, 4) is 22.9 Å². The van der Waals surface area contributed by atoms with Gasteiger partial charge in [-0.05, 0) is 73.3 Å². The fourth-order valence-electron chi connectivity index (χ4n) is 6.06. The highest BCUT2D eigenvalue weighted by atomic mass is 16.5. The lowest BCUT2D eigenvalue weighted by atomic mass is 9.67. The third kappa shape index (κ3) is 10.5. The number of nitrogens with zero attached hydrogens (tertiary/aromatic N) is 1. The molecule has 212 valence electrons. The summed E-state index contributed by atoms with van der Waals surface area (Å²) in [7, 11) is 0. The van der Waals surface area contributed by atoms with Crippen molar-refractivity contribution in [2.75, 3.05) is 0 Å². The van der Waals surface area contributed by atoms with Gasteiger partial charge in [-0.1, -0.05) is 121 Å². The molecule has 39 heavy (non-hydrogen) atoms. The van der Waals surface area contributed by atoms with Gasteiger partial charge < -0.3 is 4.74 Å². The van der Waals surface area contributed by atoms with Crippen molar-refractivity contribution in [2.24, 2.45) is 5.41 Å². The first-order valence-electron chi connectivity index (χ1n) is 15.9. The van der Waals surface area contributed by atoms with Crippen LogP contribution in [0.1, 0.15) is 141 Å². The molecule has 0 N–H and O–H groups in total. The Morgan fingerprint density at radius 2 is 1.28 bits per heavy atom. The monoisotopic (exact) mass is 529 g/mol. The number of hydrogen-bond donors (Lipinski definition) is 0. The van der Waals surface area contributed by atoms with Gasteiger partial charge in [-0.2, -0.15) is 5.26 Å². The normalized spacial score (nSPS) is 18.9. The van der Waals surface area contributed by atoms with Crippen LogP contribution in [0.25, 0.3) is 11.1 Å². The molecule has 0 aliphatic heterocycles. The van der Waals surface area contributed by atoms with Crippen molar-refractivity contribution in [1.29, 1.82) is 5.26 Å². The minimum absolute atomic E-state index is 0.0962. The number of benzene rings is 2. The summed E-state index contributed by atoms with van der Waals surface area (Å²) in [6, 6.07) is 19.5. The molecular formula is C36H51NO2. The molecule has 1 fully saturated rings. The van der Waals surface area contributed by atoms with E-state index < -0.39 is 0 Å². The third-order valence-electron chi connectivity index (χ3n) is 8.72. The van der Waals surface area contributed by atoms with E-state index in [4.69, 9.17) is 4.74 Å². The molecule has 0 heterocycles. The Hall–Kier alpha value is -2.60. The number of rotatable bonds is 17. The molecule has 2 aromatic carbocycles. The number of carbonyl (C=O) groups excluding carboxylic acids is 1. The number of unbranched alkanes of at least 4 members (excludes halogenated alkanes) is 10. The van der Waals surface area contributed by atoms with Crippen LogP contribution >= 0.6 is 0 Å². The Labute approximate surface area is 238 Å². The van der Waals surface area contributed by atoms with Crippen LogP contribution in [0, 0.1) is 16.7 Å². The lowest BCUT2D eigenvalue weighted by Crippen LogP contribution is -2.25. The van der Waals surface area contributed by atoms with E-state index in [1.807, 2.05) is 24.3 Å². The van der Waals surface area contributed by atoms with Crippen LogP contribution in [0.15, 0.2) is 48.5 Å². The Kier molecular flexibility index (Phi) is 13.6. The molecule has 0 unspecified atom stereocenters. The zero-order valence-corrected chi connectivity index (χ0v) is 24.7. The molecule has 0 amide bonds. The number of nitriles is 1. The quantitative estimate of drug-likeness (QED) is 0.116. The molecule has 0 saturated heterocycles.